The van der Waals surface area contributed by atoms with Gasteiger partial charge in [0.1, 0.15) is 5.82 Å². The van der Waals surface area contributed by atoms with Crippen LogP contribution in [-0.2, 0) is 20.9 Å². The van der Waals surface area contributed by atoms with E-state index in [1.807, 2.05) is 24.3 Å². The van der Waals surface area contributed by atoms with E-state index in [-0.39, 0.29) is 13.2 Å². The summed E-state index contributed by atoms with van der Waals surface area (Å²) < 4.78 is 24.2. The number of carbonyl (C=O) groups is 3. The fourth-order valence-corrected chi connectivity index (χ4v) is 3.37. The lowest BCUT2D eigenvalue weighted by Crippen LogP contribution is -2.37. The van der Waals surface area contributed by atoms with Crippen molar-refractivity contribution in [1.29, 1.82) is 0 Å². The van der Waals surface area contributed by atoms with Gasteiger partial charge in [0.2, 0.25) is 0 Å². The normalized spacial score (nSPS) is 10.8. The number of amides is 3. The number of nitrogens with one attached hydrogen (secondary N) is 3. The Balaban J connectivity index is 1.50. The van der Waals surface area contributed by atoms with E-state index in [1.54, 1.807) is 25.1 Å². The SMILES string of the molecule is CCOc1cc(/C=N\NC(=O)C(=O)NCc2ccc(C(C)C)cc2)ccc1OCC(=O)Nc1ccc(F)cc1. The second-order valence-electron chi connectivity index (χ2n) is 8.76. The minimum absolute atomic E-state index is 0.218. The lowest BCUT2D eigenvalue weighted by molar-refractivity contribution is -0.139. The van der Waals surface area contributed by atoms with E-state index in [4.69, 9.17) is 9.47 Å². The molecule has 0 aromatic heterocycles. The Bertz CT molecular complexity index is 1310. The van der Waals surface area contributed by atoms with Crippen LogP contribution in [0, 0.1) is 5.82 Å². The highest BCUT2D eigenvalue weighted by molar-refractivity contribution is 6.35. The van der Waals surface area contributed by atoms with E-state index in [0.717, 1.165) is 5.56 Å². The van der Waals surface area contributed by atoms with Crippen LogP contribution < -0.4 is 25.5 Å². The van der Waals surface area contributed by atoms with Gasteiger partial charge in [-0.2, -0.15) is 5.10 Å². The van der Waals surface area contributed by atoms with Crippen molar-refractivity contribution < 1.29 is 28.2 Å². The zero-order valence-corrected chi connectivity index (χ0v) is 22.0. The van der Waals surface area contributed by atoms with E-state index in [9.17, 15) is 18.8 Å². The van der Waals surface area contributed by atoms with E-state index < -0.39 is 23.5 Å². The molecule has 0 spiro atoms. The molecule has 0 saturated carbocycles. The fraction of sp³-hybridized carbons (Fsp3) is 0.241. The van der Waals surface area contributed by atoms with Crippen molar-refractivity contribution in [3.8, 4) is 11.5 Å². The number of anilines is 1. The highest BCUT2D eigenvalue weighted by Gasteiger charge is 2.13. The third-order valence-corrected chi connectivity index (χ3v) is 5.44. The van der Waals surface area contributed by atoms with Gasteiger partial charge in [0.15, 0.2) is 18.1 Å². The van der Waals surface area contributed by atoms with Gasteiger partial charge in [0, 0.05) is 12.2 Å². The molecule has 0 fully saturated rings. The second kappa shape index (κ2) is 14.3. The molecule has 9 nitrogen and oxygen atoms in total. The number of benzene rings is 3. The molecule has 3 aromatic rings. The van der Waals surface area contributed by atoms with E-state index in [2.05, 4.69) is 35.0 Å². The average molecular weight is 535 g/mol. The summed E-state index contributed by atoms with van der Waals surface area (Å²) in [7, 11) is 0. The number of hydrazone groups is 1. The number of ether oxygens (including phenoxy) is 2. The highest BCUT2D eigenvalue weighted by Crippen LogP contribution is 2.28. The number of rotatable bonds is 11. The lowest BCUT2D eigenvalue weighted by Gasteiger charge is -2.12. The second-order valence-corrected chi connectivity index (χ2v) is 8.76. The summed E-state index contributed by atoms with van der Waals surface area (Å²) in [6.45, 7) is 6.26. The third-order valence-electron chi connectivity index (χ3n) is 5.44. The summed E-state index contributed by atoms with van der Waals surface area (Å²) in [5.74, 6) is -1.44. The quantitative estimate of drug-likeness (QED) is 0.194. The summed E-state index contributed by atoms with van der Waals surface area (Å²) in [5, 5.41) is 9.00. The van der Waals surface area contributed by atoms with Crippen LogP contribution in [0.1, 0.15) is 43.4 Å². The molecule has 10 heteroatoms. The van der Waals surface area contributed by atoms with Gasteiger partial charge in [-0.3, -0.25) is 14.4 Å². The third kappa shape index (κ3) is 9.26. The molecular formula is C29H31FN4O5. The molecule has 0 bridgehead atoms. The van der Waals surface area contributed by atoms with Gasteiger partial charge in [-0.15, -0.1) is 0 Å². The van der Waals surface area contributed by atoms with Crippen LogP contribution in [0.2, 0.25) is 0 Å². The Morgan fingerprint density at radius 1 is 0.923 bits per heavy atom. The van der Waals surface area contributed by atoms with Gasteiger partial charge in [-0.25, -0.2) is 9.82 Å². The van der Waals surface area contributed by atoms with Crippen molar-refractivity contribution in [2.75, 3.05) is 18.5 Å². The van der Waals surface area contributed by atoms with Crippen LogP contribution in [0.5, 0.6) is 11.5 Å². The standard InChI is InChI=1S/C29H31FN4O5/c1-4-38-26-15-21(7-14-25(26)39-18-27(35)33-24-12-10-23(30)11-13-24)17-32-34-29(37)28(36)31-16-20-5-8-22(9-6-20)19(2)3/h5-15,17,19H,4,16,18H2,1-3H3,(H,31,36)(H,33,35)(H,34,37)/b32-17-. The van der Waals surface area contributed by atoms with Gasteiger partial charge in [0.05, 0.1) is 12.8 Å². The maximum Gasteiger partial charge on any atom is 0.329 e. The maximum atomic E-state index is 13.0. The molecule has 0 radical (unpaired) electrons. The summed E-state index contributed by atoms with van der Waals surface area (Å²) in [5.41, 5.74) is 5.27. The number of halogens is 1. The first-order chi connectivity index (χ1) is 18.7. The summed E-state index contributed by atoms with van der Waals surface area (Å²) >= 11 is 0. The number of carbonyl (C=O) groups excluding carboxylic acids is 3. The minimum atomic E-state index is -0.901. The first-order valence-corrected chi connectivity index (χ1v) is 12.4. The topological polar surface area (TPSA) is 118 Å². The highest BCUT2D eigenvalue weighted by atomic mass is 19.1. The molecule has 204 valence electrons. The van der Waals surface area contributed by atoms with Crippen molar-refractivity contribution >= 4 is 29.6 Å². The molecule has 0 aliphatic rings. The van der Waals surface area contributed by atoms with Crippen LogP contribution in [-0.4, -0.2) is 37.1 Å². The monoisotopic (exact) mass is 534 g/mol. The fourth-order valence-electron chi connectivity index (χ4n) is 3.37. The number of hydrogen-bond donors (Lipinski definition) is 3. The zero-order valence-electron chi connectivity index (χ0n) is 22.0. The van der Waals surface area contributed by atoms with Crippen LogP contribution in [0.15, 0.2) is 71.8 Å². The molecule has 3 rings (SSSR count). The largest absolute Gasteiger partial charge is 0.490 e. The van der Waals surface area contributed by atoms with E-state index in [0.29, 0.717) is 35.3 Å². The number of nitrogens with zero attached hydrogens (tertiary/aromatic N) is 1. The van der Waals surface area contributed by atoms with E-state index in [1.165, 1.54) is 36.0 Å². The smallest absolute Gasteiger partial charge is 0.329 e. The lowest BCUT2D eigenvalue weighted by atomic mass is 10.0. The van der Waals surface area contributed by atoms with Crippen molar-refractivity contribution in [2.45, 2.75) is 33.2 Å². The molecule has 0 saturated heterocycles. The van der Waals surface area contributed by atoms with Gasteiger partial charge in [-0.05, 0) is 72.0 Å². The van der Waals surface area contributed by atoms with Gasteiger partial charge in [0.25, 0.3) is 5.91 Å². The molecule has 0 heterocycles. The van der Waals surface area contributed by atoms with Gasteiger partial charge < -0.3 is 20.1 Å². The van der Waals surface area contributed by atoms with Gasteiger partial charge in [-0.1, -0.05) is 38.1 Å². The predicted molar refractivity (Wildman–Crippen MR) is 146 cm³/mol. The Morgan fingerprint density at radius 2 is 1.64 bits per heavy atom. The predicted octanol–water partition coefficient (Wildman–Crippen LogP) is 4.13. The summed E-state index contributed by atoms with van der Waals surface area (Å²) in [6.07, 6.45) is 1.35. The maximum absolute atomic E-state index is 13.0. The zero-order chi connectivity index (χ0) is 28.2. The number of hydrogen-bond acceptors (Lipinski definition) is 6. The van der Waals surface area contributed by atoms with Crippen LogP contribution >= 0.6 is 0 Å². The average Bonchev–Trinajstić information content (AvgIpc) is 2.93. The van der Waals surface area contributed by atoms with Crippen LogP contribution in [0.25, 0.3) is 0 Å². The first-order valence-electron chi connectivity index (χ1n) is 12.4. The molecule has 39 heavy (non-hydrogen) atoms. The molecule has 0 unspecified atom stereocenters. The van der Waals surface area contributed by atoms with Crippen molar-refractivity contribution in [2.24, 2.45) is 5.10 Å². The Labute approximate surface area is 226 Å². The molecule has 3 aromatic carbocycles. The molecule has 0 aliphatic carbocycles. The van der Waals surface area contributed by atoms with Crippen molar-refractivity contribution in [3.63, 3.8) is 0 Å². The Hall–Kier alpha value is -4.73. The summed E-state index contributed by atoms with van der Waals surface area (Å²) in [4.78, 5) is 36.3. The Kier molecular flexibility index (Phi) is 10.6. The molecule has 0 atom stereocenters. The molecule has 0 aliphatic heterocycles. The van der Waals surface area contributed by atoms with Gasteiger partial charge >= 0.3 is 11.8 Å². The first kappa shape index (κ1) is 28.8. The van der Waals surface area contributed by atoms with Crippen LogP contribution in [0.3, 0.4) is 0 Å². The minimum Gasteiger partial charge on any atom is -0.490 e. The van der Waals surface area contributed by atoms with Crippen molar-refractivity contribution in [1.82, 2.24) is 10.7 Å². The molecule has 3 amide bonds. The van der Waals surface area contributed by atoms with Crippen LogP contribution in [0.4, 0.5) is 10.1 Å². The molecular weight excluding hydrogens is 503 g/mol. The van der Waals surface area contributed by atoms with Crippen molar-refractivity contribution in [3.05, 3.63) is 89.2 Å². The molecule has 3 N–H and O–H groups in total. The summed E-state index contributed by atoms with van der Waals surface area (Å²) in [6, 6.07) is 18.0. The Morgan fingerprint density at radius 3 is 2.31 bits per heavy atom. The van der Waals surface area contributed by atoms with E-state index >= 15 is 0 Å².